The molecule has 14 heavy (non-hydrogen) atoms. The molecule has 1 aromatic carbocycles. The zero-order chi connectivity index (χ0) is 10.6. The van der Waals surface area contributed by atoms with Crippen LogP contribution in [0.1, 0.15) is 32.3 Å². The van der Waals surface area contributed by atoms with Crippen molar-refractivity contribution in [2.75, 3.05) is 6.61 Å². The first-order valence-electron chi connectivity index (χ1n) is 5.08. The number of benzene rings is 1. The fourth-order valence-electron chi connectivity index (χ4n) is 1.31. The Morgan fingerprint density at radius 3 is 2.43 bits per heavy atom. The first kappa shape index (κ1) is 11.1. The summed E-state index contributed by atoms with van der Waals surface area (Å²) in [4.78, 5) is 0. The molecule has 0 saturated carbocycles. The first-order valence-corrected chi connectivity index (χ1v) is 5.08. The summed E-state index contributed by atoms with van der Waals surface area (Å²) >= 11 is 0. The third-order valence-corrected chi connectivity index (χ3v) is 2.04. The van der Waals surface area contributed by atoms with Gasteiger partial charge >= 0.3 is 0 Å². The maximum Gasteiger partial charge on any atom is 0.122 e. The minimum atomic E-state index is 0.0789. The topological polar surface area (TPSA) is 35.2 Å². The standard InChI is InChI=1S/C12H19NO/c1-9(2)11-6-4-5-7-12(11)14-8-10(3)13/h4-7,9-10H,8,13H2,1-3H3/t10-/m1/s1. The van der Waals surface area contributed by atoms with Gasteiger partial charge in [-0.2, -0.15) is 0 Å². The van der Waals surface area contributed by atoms with Crippen LogP contribution in [0.3, 0.4) is 0 Å². The molecule has 78 valence electrons. The lowest BCUT2D eigenvalue weighted by atomic mass is 10.0. The first-order chi connectivity index (χ1) is 6.61. The molecular weight excluding hydrogens is 174 g/mol. The van der Waals surface area contributed by atoms with Crippen LogP contribution >= 0.6 is 0 Å². The molecule has 1 aromatic rings. The number of hydrogen-bond donors (Lipinski definition) is 1. The molecule has 0 aromatic heterocycles. The molecule has 0 aliphatic rings. The number of para-hydroxylation sites is 1. The fourth-order valence-corrected chi connectivity index (χ4v) is 1.31. The molecule has 0 aliphatic heterocycles. The third-order valence-electron chi connectivity index (χ3n) is 2.04. The van der Waals surface area contributed by atoms with Gasteiger partial charge in [0, 0.05) is 6.04 Å². The number of rotatable bonds is 4. The molecule has 1 atom stereocenters. The highest BCUT2D eigenvalue weighted by atomic mass is 16.5. The number of hydrogen-bond acceptors (Lipinski definition) is 2. The van der Waals surface area contributed by atoms with Crippen molar-refractivity contribution in [3.05, 3.63) is 29.8 Å². The summed E-state index contributed by atoms with van der Waals surface area (Å²) in [6, 6.07) is 8.20. The summed E-state index contributed by atoms with van der Waals surface area (Å²) in [5.41, 5.74) is 6.89. The molecular formula is C12H19NO. The lowest BCUT2D eigenvalue weighted by Gasteiger charge is -2.14. The Morgan fingerprint density at radius 1 is 1.21 bits per heavy atom. The Hall–Kier alpha value is -1.02. The van der Waals surface area contributed by atoms with Crippen LogP contribution in [0, 0.1) is 0 Å². The van der Waals surface area contributed by atoms with Crippen LogP contribution in [0.15, 0.2) is 24.3 Å². The molecule has 0 bridgehead atoms. The van der Waals surface area contributed by atoms with Crippen molar-refractivity contribution in [1.82, 2.24) is 0 Å². The third kappa shape index (κ3) is 3.04. The van der Waals surface area contributed by atoms with Crippen molar-refractivity contribution in [2.24, 2.45) is 5.73 Å². The Kier molecular flexibility index (Phi) is 3.96. The molecule has 0 fully saturated rings. The minimum Gasteiger partial charge on any atom is -0.492 e. The monoisotopic (exact) mass is 193 g/mol. The lowest BCUT2D eigenvalue weighted by molar-refractivity contribution is 0.292. The second kappa shape index (κ2) is 5.01. The van der Waals surface area contributed by atoms with Crippen molar-refractivity contribution in [3.63, 3.8) is 0 Å². The fraction of sp³-hybridized carbons (Fsp3) is 0.500. The number of ether oxygens (including phenoxy) is 1. The van der Waals surface area contributed by atoms with E-state index in [1.54, 1.807) is 0 Å². The zero-order valence-corrected chi connectivity index (χ0v) is 9.16. The van der Waals surface area contributed by atoms with Crippen LogP contribution in [-0.4, -0.2) is 12.6 Å². The summed E-state index contributed by atoms with van der Waals surface area (Å²) in [7, 11) is 0. The molecule has 1 rings (SSSR count). The van der Waals surface area contributed by atoms with E-state index in [1.165, 1.54) is 5.56 Å². The molecule has 0 spiro atoms. The van der Waals surface area contributed by atoms with Gasteiger partial charge in [0.25, 0.3) is 0 Å². The van der Waals surface area contributed by atoms with Gasteiger partial charge in [0.05, 0.1) is 0 Å². The average molecular weight is 193 g/mol. The summed E-state index contributed by atoms with van der Waals surface area (Å²) in [6.45, 7) is 6.84. The summed E-state index contributed by atoms with van der Waals surface area (Å²) in [5.74, 6) is 1.44. The van der Waals surface area contributed by atoms with Crippen LogP contribution in [-0.2, 0) is 0 Å². The van der Waals surface area contributed by atoms with Gasteiger partial charge in [0.2, 0.25) is 0 Å². The molecule has 2 heteroatoms. The van der Waals surface area contributed by atoms with Gasteiger partial charge in [-0.05, 0) is 24.5 Å². The minimum absolute atomic E-state index is 0.0789. The Balaban J connectivity index is 2.74. The molecule has 2 nitrogen and oxygen atoms in total. The van der Waals surface area contributed by atoms with E-state index < -0.39 is 0 Å². The Labute approximate surface area is 86.1 Å². The zero-order valence-electron chi connectivity index (χ0n) is 9.16. The van der Waals surface area contributed by atoms with E-state index in [0.717, 1.165) is 5.75 Å². The Morgan fingerprint density at radius 2 is 1.86 bits per heavy atom. The normalized spacial score (nSPS) is 12.9. The van der Waals surface area contributed by atoms with E-state index in [9.17, 15) is 0 Å². The average Bonchev–Trinajstić information content (AvgIpc) is 2.15. The van der Waals surface area contributed by atoms with Crippen molar-refractivity contribution in [1.29, 1.82) is 0 Å². The Bertz CT molecular complexity index is 281. The van der Waals surface area contributed by atoms with Crippen molar-refractivity contribution >= 4 is 0 Å². The number of nitrogens with two attached hydrogens (primary N) is 1. The summed E-state index contributed by atoms with van der Waals surface area (Å²) in [6.07, 6.45) is 0. The summed E-state index contributed by atoms with van der Waals surface area (Å²) in [5, 5.41) is 0. The van der Waals surface area contributed by atoms with Crippen LogP contribution < -0.4 is 10.5 Å². The van der Waals surface area contributed by atoms with Crippen molar-refractivity contribution < 1.29 is 4.74 Å². The highest BCUT2D eigenvalue weighted by Gasteiger charge is 2.06. The van der Waals surface area contributed by atoms with Gasteiger partial charge in [0.15, 0.2) is 0 Å². The summed E-state index contributed by atoms with van der Waals surface area (Å²) < 4.78 is 5.63. The van der Waals surface area contributed by atoms with Gasteiger partial charge in [-0.1, -0.05) is 32.0 Å². The lowest BCUT2D eigenvalue weighted by Crippen LogP contribution is -2.24. The van der Waals surface area contributed by atoms with Gasteiger partial charge in [-0.15, -0.1) is 0 Å². The maximum absolute atomic E-state index is 5.64. The second-order valence-corrected chi connectivity index (χ2v) is 3.98. The van der Waals surface area contributed by atoms with E-state index in [0.29, 0.717) is 12.5 Å². The molecule has 2 N–H and O–H groups in total. The molecule has 0 unspecified atom stereocenters. The van der Waals surface area contributed by atoms with Gasteiger partial charge in [0.1, 0.15) is 12.4 Å². The quantitative estimate of drug-likeness (QED) is 0.797. The predicted octanol–water partition coefficient (Wildman–Crippen LogP) is 2.54. The second-order valence-electron chi connectivity index (χ2n) is 3.98. The molecule has 0 saturated heterocycles. The van der Waals surface area contributed by atoms with Crippen LogP contribution in [0.5, 0.6) is 5.75 Å². The predicted molar refractivity (Wildman–Crippen MR) is 59.7 cm³/mol. The van der Waals surface area contributed by atoms with Crippen molar-refractivity contribution in [3.8, 4) is 5.75 Å². The SMILES string of the molecule is CC(C)c1ccccc1OC[C@@H](C)N. The molecule has 0 aliphatic carbocycles. The molecule has 0 heterocycles. The van der Waals surface area contributed by atoms with Crippen molar-refractivity contribution in [2.45, 2.75) is 32.7 Å². The van der Waals surface area contributed by atoms with Gasteiger partial charge in [-0.25, -0.2) is 0 Å². The van der Waals surface area contributed by atoms with E-state index >= 15 is 0 Å². The van der Waals surface area contributed by atoms with E-state index in [2.05, 4.69) is 19.9 Å². The largest absolute Gasteiger partial charge is 0.492 e. The van der Waals surface area contributed by atoms with Gasteiger partial charge in [-0.3, -0.25) is 0 Å². The molecule has 0 amide bonds. The van der Waals surface area contributed by atoms with Crippen LogP contribution in [0.25, 0.3) is 0 Å². The van der Waals surface area contributed by atoms with Gasteiger partial charge < -0.3 is 10.5 Å². The van der Waals surface area contributed by atoms with E-state index in [4.69, 9.17) is 10.5 Å². The maximum atomic E-state index is 5.64. The van der Waals surface area contributed by atoms with Crippen LogP contribution in [0.2, 0.25) is 0 Å². The highest BCUT2D eigenvalue weighted by Crippen LogP contribution is 2.25. The van der Waals surface area contributed by atoms with E-state index in [-0.39, 0.29) is 6.04 Å². The molecule has 0 radical (unpaired) electrons. The smallest absolute Gasteiger partial charge is 0.122 e. The highest BCUT2D eigenvalue weighted by molar-refractivity contribution is 5.35. The van der Waals surface area contributed by atoms with Crippen LogP contribution in [0.4, 0.5) is 0 Å². The van der Waals surface area contributed by atoms with E-state index in [1.807, 2.05) is 25.1 Å².